The minimum atomic E-state index is -0.509. The van der Waals surface area contributed by atoms with Crippen molar-refractivity contribution < 1.29 is 19.1 Å². The number of carbonyl (C=O) groups is 1. The lowest BCUT2D eigenvalue weighted by molar-refractivity contribution is 0.0526. The van der Waals surface area contributed by atoms with Crippen LogP contribution in [-0.2, 0) is 16.9 Å². The summed E-state index contributed by atoms with van der Waals surface area (Å²) in [5.41, 5.74) is 4.14. The summed E-state index contributed by atoms with van der Waals surface area (Å²) < 4.78 is 11.1. The summed E-state index contributed by atoms with van der Waals surface area (Å²) in [4.78, 5) is 17.3. The molecule has 0 saturated carbocycles. The van der Waals surface area contributed by atoms with Gasteiger partial charge in [-0.3, -0.25) is 0 Å². The van der Waals surface area contributed by atoms with Crippen molar-refractivity contribution in [2.45, 2.75) is 44.9 Å². The van der Waals surface area contributed by atoms with Crippen LogP contribution in [0.2, 0.25) is 0 Å². The Hall–Kier alpha value is -3.24. The summed E-state index contributed by atoms with van der Waals surface area (Å²) >= 11 is 1.34. The summed E-state index contributed by atoms with van der Waals surface area (Å²) in [5.74, 6) is 0.237. The minimum absolute atomic E-state index is 0.0365. The number of aryl methyl sites for hydroxylation is 1. The van der Waals surface area contributed by atoms with Crippen LogP contribution in [0, 0.1) is 25.2 Å². The Morgan fingerprint density at radius 3 is 2.84 bits per heavy atom. The molecule has 1 N–H and O–H groups in total. The number of fused-ring (bicyclic) bond motifs is 1. The normalized spacial score (nSPS) is 11.2. The average molecular weight is 437 g/mol. The van der Waals surface area contributed by atoms with Crippen LogP contribution in [0.5, 0.6) is 5.75 Å². The number of hydrogen-bond acceptors (Lipinski definition) is 7. The quantitative estimate of drug-likeness (QED) is 0.292. The number of thioether (sulfide) groups is 1. The Morgan fingerprint density at radius 1 is 1.39 bits per heavy atom. The van der Waals surface area contributed by atoms with Crippen LogP contribution in [0.3, 0.4) is 0 Å². The van der Waals surface area contributed by atoms with Crippen LogP contribution in [0.25, 0.3) is 11.0 Å². The van der Waals surface area contributed by atoms with Crippen LogP contribution in [-0.4, -0.2) is 22.7 Å². The summed E-state index contributed by atoms with van der Waals surface area (Å²) in [6.07, 6.45) is 4.74. The van der Waals surface area contributed by atoms with E-state index in [1.807, 2.05) is 32.9 Å². The number of allylic oxidation sites excluding steroid dienone is 2. The number of aromatic hydroxyl groups is 1. The summed E-state index contributed by atoms with van der Waals surface area (Å²) in [6.45, 7) is 7.79. The summed E-state index contributed by atoms with van der Waals surface area (Å²) in [7, 11) is 0. The first-order valence-electron chi connectivity index (χ1n) is 9.96. The molecule has 6 nitrogen and oxygen atoms in total. The van der Waals surface area contributed by atoms with Crippen molar-refractivity contribution in [2.75, 3.05) is 6.61 Å². The zero-order valence-corrected chi connectivity index (χ0v) is 18.8. The Bertz CT molecular complexity index is 1200. The van der Waals surface area contributed by atoms with Crippen molar-refractivity contribution in [3.8, 4) is 11.8 Å². The molecule has 0 bridgehead atoms. The van der Waals surface area contributed by atoms with Gasteiger partial charge in [0.2, 0.25) is 0 Å². The van der Waals surface area contributed by atoms with E-state index in [4.69, 9.17) is 9.15 Å². The number of pyridine rings is 1. The lowest BCUT2D eigenvalue weighted by atomic mass is 10.0. The highest BCUT2D eigenvalue weighted by molar-refractivity contribution is 7.98. The molecule has 160 valence electrons. The van der Waals surface area contributed by atoms with Gasteiger partial charge in [0, 0.05) is 11.1 Å². The van der Waals surface area contributed by atoms with Crippen LogP contribution in [0.4, 0.5) is 0 Å². The van der Waals surface area contributed by atoms with E-state index >= 15 is 0 Å². The third-order valence-corrected chi connectivity index (χ3v) is 5.96. The second-order valence-electron chi connectivity index (χ2n) is 6.96. The number of nitrogens with zero attached hydrogens (tertiary/aromatic N) is 2. The van der Waals surface area contributed by atoms with Gasteiger partial charge < -0.3 is 14.3 Å². The van der Waals surface area contributed by atoms with Crippen molar-refractivity contribution in [3.05, 3.63) is 64.1 Å². The topological polar surface area (TPSA) is 96.3 Å². The van der Waals surface area contributed by atoms with E-state index in [-0.39, 0.29) is 17.9 Å². The molecule has 0 radical (unpaired) electrons. The maximum absolute atomic E-state index is 12.6. The van der Waals surface area contributed by atoms with Crippen molar-refractivity contribution in [2.24, 2.45) is 0 Å². The monoisotopic (exact) mass is 436 g/mol. The number of aromatic nitrogens is 1. The molecule has 2 heterocycles. The molecule has 3 aromatic rings. The highest BCUT2D eigenvalue weighted by Crippen LogP contribution is 2.35. The van der Waals surface area contributed by atoms with Gasteiger partial charge in [-0.15, -0.1) is 0 Å². The number of ether oxygens (including phenoxy) is 1. The molecule has 3 rings (SSSR count). The summed E-state index contributed by atoms with van der Waals surface area (Å²) in [6, 6.07) is 6.88. The molecular formula is C24H24N2O4S. The van der Waals surface area contributed by atoms with Crippen LogP contribution < -0.4 is 0 Å². The SMILES string of the molecule is C/C=C/Cc1c(C)nc(SCc2oc3ccc(O)cc3c2C(=O)OCC)c(C#N)c1C. The molecule has 31 heavy (non-hydrogen) atoms. The molecule has 0 aliphatic carbocycles. The number of benzene rings is 1. The Kier molecular flexibility index (Phi) is 7.03. The molecule has 0 amide bonds. The molecule has 0 fully saturated rings. The maximum Gasteiger partial charge on any atom is 0.342 e. The van der Waals surface area contributed by atoms with Crippen molar-refractivity contribution in [1.82, 2.24) is 4.98 Å². The molecule has 0 unspecified atom stereocenters. The van der Waals surface area contributed by atoms with Crippen LogP contribution in [0.15, 0.2) is 39.8 Å². The highest BCUT2D eigenvalue weighted by atomic mass is 32.2. The first-order valence-corrected chi connectivity index (χ1v) is 10.9. The van der Waals surface area contributed by atoms with Gasteiger partial charge in [-0.1, -0.05) is 23.9 Å². The standard InChI is InChI=1S/C24H24N2O4S/c1-5-7-8-17-14(3)19(12-25)23(26-15(17)4)31-13-21-22(24(28)29-6-2)18-11-16(27)9-10-20(18)30-21/h5,7,9-11,27H,6,8,13H2,1-4H3/b7-5+. The number of phenolic OH excluding ortho intramolecular Hbond substituents is 1. The average Bonchev–Trinajstić information content (AvgIpc) is 3.09. The fraction of sp³-hybridized carbons (Fsp3) is 0.292. The molecule has 7 heteroatoms. The molecule has 0 saturated heterocycles. The molecule has 0 atom stereocenters. The zero-order valence-electron chi connectivity index (χ0n) is 18.0. The fourth-order valence-electron chi connectivity index (χ4n) is 3.43. The number of carbonyl (C=O) groups excluding carboxylic acids is 1. The predicted molar refractivity (Wildman–Crippen MR) is 120 cm³/mol. The second kappa shape index (κ2) is 9.71. The van der Waals surface area contributed by atoms with E-state index in [1.165, 1.54) is 23.9 Å². The maximum atomic E-state index is 12.6. The number of nitriles is 1. The molecule has 2 aromatic heterocycles. The van der Waals surface area contributed by atoms with E-state index in [1.54, 1.807) is 13.0 Å². The molecule has 0 aliphatic rings. The van der Waals surface area contributed by atoms with Gasteiger partial charge in [0.15, 0.2) is 0 Å². The number of rotatable bonds is 7. The number of esters is 1. The van der Waals surface area contributed by atoms with Gasteiger partial charge in [-0.2, -0.15) is 5.26 Å². The molecule has 0 aliphatic heterocycles. The predicted octanol–water partition coefficient (Wildman–Crippen LogP) is 5.61. The van der Waals surface area contributed by atoms with E-state index < -0.39 is 5.97 Å². The van der Waals surface area contributed by atoms with Crippen molar-refractivity contribution in [1.29, 1.82) is 5.26 Å². The third kappa shape index (κ3) is 4.59. The first kappa shape index (κ1) is 22.4. The van der Waals surface area contributed by atoms with E-state index in [9.17, 15) is 15.2 Å². The smallest absolute Gasteiger partial charge is 0.342 e. The number of hydrogen-bond donors (Lipinski definition) is 1. The van der Waals surface area contributed by atoms with Gasteiger partial charge >= 0.3 is 5.97 Å². The molecule has 0 spiro atoms. The van der Waals surface area contributed by atoms with Crippen LogP contribution in [0.1, 0.15) is 52.3 Å². The van der Waals surface area contributed by atoms with E-state index in [0.29, 0.717) is 33.1 Å². The van der Waals surface area contributed by atoms with Gasteiger partial charge in [0.05, 0.1) is 17.9 Å². The van der Waals surface area contributed by atoms with E-state index in [2.05, 4.69) is 11.1 Å². The first-order chi connectivity index (χ1) is 14.9. The van der Waals surface area contributed by atoms with Gasteiger partial charge in [-0.25, -0.2) is 9.78 Å². The Morgan fingerprint density at radius 2 is 2.16 bits per heavy atom. The number of phenols is 1. The largest absolute Gasteiger partial charge is 0.508 e. The lowest BCUT2D eigenvalue weighted by Gasteiger charge is -2.13. The zero-order chi connectivity index (χ0) is 22.5. The van der Waals surface area contributed by atoms with Gasteiger partial charge in [-0.05, 0) is 63.4 Å². The lowest BCUT2D eigenvalue weighted by Crippen LogP contribution is -2.06. The highest BCUT2D eigenvalue weighted by Gasteiger charge is 2.23. The van der Waals surface area contributed by atoms with E-state index in [0.717, 1.165) is 23.2 Å². The van der Waals surface area contributed by atoms with Crippen molar-refractivity contribution in [3.63, 3.8) is 0 Å². The Balaban J connectivity index is 2.00. The van der Waals surface area contributed by atoms with Gasteiger partial charge in [0.1, 0.15) is 33.8 Å². The minimum Gasteiger partial charge on any atom is -0.508 e. The fourth-order valence-corrected chi connectivity index (χ4v) is 4.45. The second-order valence-corrected chi connectivity index (χ2v) is 7.92. The van der Waals surface area contributed by atoms with Crippen molar-refractivity contribution >= 4 is 28.7 Å². The molecular weight excluding hydrogens is 412 g/mol. The Labute approximate surface area is 185 Å². The number of furan rings is 1. The molecule has 1 aromatic carbocycles. The van der Waals surface area contributed by atoms with Crippen LogP contribution >= 0.6 is 11.8 Å². The van der Waals surface area contributed by atoms with Gasteiger partial charge in [0.25, 0.3) is 0 Å². The summed E-state index contributed by atoms with van der Waals surface area (Å²) in [5, 5.41) is 20.7. The third-order valence-electron chi connectivity index (χ3n) is 4.98.